The van der Waals surface area contributed by atoms with Crippen LogP contribution in [0.4, 0.5) is 4.79 Å². The summed E-state index contributed by atoms with van der Waals surface area (Å²) in [5.74, 6) is 0. The maximum absolute atomic E-state index is 11.6. The van der Waals surface area contributed by atoms with Crippen molar-refractivity contribution in [1.29, 1.82) is 0 Å². The zero-order valence-electron chi connectivity index (χ0n) is 11.8. The molecule has 1 saturated heterocycles. The number of pyridine rings is 1. The minimum absolute atomic E-state index is 0.382. The molecule has 4 nitrogen and oxygen atoms in total. The second kappa shape index (κ2) is 5.31. The first-order chi connectivity index (χ1) is 8.89. The van der Waals surface area contributed by atoms with Gasteiger partial charge < -0.3 is 0 Å². The van der Waals surface area contributed by atoms with Gasteiger partial charge in [-0.3, -0.25) is 0 Å². The van der Waals surface area contributed by atoms with Crippen molar-refractivity contribution in [3.63, 3.8) is 0 Å². The molecule has 2 heterocycles. The van der Waals surface area contributed by atoms with Crippen molar-refractivity contribution in [1.82, 2.24) is 9.88 Å². The quantitative estimate of drug-likeness (QED) is 0.751. The molecule has 1 aliphatic rings. The van der Waals surface area contributed by atoms with Gasteiger partial charge in [-0.2, -0.15) is 0 Å². The third-order valence-electron chi connectivity index (χ3n) is 4.18. The topological polar surface area (TPSA) is 56.3 Å². The first kappa shape index (κ1) is 14.6. The molecule has 1 amide bonds. The number of hydrogen-bond acceptors (Lipinski definition) is 3. The Morgan fingerprint density at radius 2 is 2.11 bits per heavy atom. The van der Waals surface area contributed by atoms with Gasteiger partial charge in [0.05, 0.1) is 0 Å². The van der Waals surface area contributed by atoms with E-state index in [-0.39, 0.29) is 3.55 Å². The van der Waals surface area contributed by atoms with Gasteiger partial charge >= 0.3 is 119 Å². The molecule has 104 valence electrons. The van der Waals surface area contributed by atoms with Crippen molar-refractivity contribution in [3.05, 3.63) is 30.1 Å². The number of hydrogen-bond donors (Lipinski definition) is 0. The summed E-state index contributed by atoms with van der Waals surface area (Å²) in [6.07, 6.45) is 3.59. The third kappa shape index (κ3) is 2.47. The van der Waals surface area contributed by atoms with E-state index in [1.54, 1.807) is 11.1 Å². The van der Waals surface area contributed by atoms with Gasteiger partial charge in [-0.05, 0) is 0 Å². The molecular weight excluding hydrogens is 347 g/mol. The van der Waals surface area contributed by atoms with Crippen LogP contribution in [0.25, 0.3) is 0 Å². The van der Waals surface area contributed by atoms with Gasteiger partial charge in [-0.25, -0.2) is 0 Å². The van der Waals surface area contributed by atoms with Crippen LogP contribution in [0, 0.1) is 0 Å². The number of carbonyl (C=O) groups excluding carboxylic acids is 1. The van der Waals surface area contributed by atoms with Crippen molar-refractivity contribution in [3.8, 4) is 0 Å². The number of carboxylic acid groups (broad SMARTS) is 1. The zero-order chi connectivity index (χ0) is 14.1. The fraction of sp³-hybridized carbons (Fsp3) is 0.571. The second-order valence-electron chi connectivity index (χ2n) is 6.20. The summed E-state index contributed by atoms with van der Waals surface area (Å²) in [5, 5.41) is 11.6. The number of rotatable bonds is 2. The first-order valence-corrected chi connectivity index (χ1v) is 16.8. The van der Waals surface area contributed by atoms with Crippen molar-refractivity contribution >= 4 is 24.5 Å². The molecule has 0 spiro atoms. The second-order valence-corrected chi connectivity index (χ2v) is 21.4. The molecule has 0 saturated carbocycles. The van der Waals surface area contributed by atoms with E-state index in [1.807, 2.05) is 18.2 Å². The van der Waals surface area contributed by atoms with Crippen LogP contribution >= 0.6 is 0 Å². The van der Waals surface area contributed by atoms with E-state index >= 15 is 0 Å². The summed E-state index contributed by atoms with van der Waals surface area (Å²) in [6.45, 7) is 0.576. The molecule has 0 aliphatic carbocycles. The summed E-state index contributed by atoms with van der Waals surface area (Å²) in [6, 6.07) is 5.80. The van der Waals surface area contributed by atoms with Crippen molar-refractivity contribution in [2.75, 3.05) is 6.54 Å². The van der Waals surface area contributed by atoms with Gasteiger partial charge in [0.15, 0.2) is 0 Å². The van der Waals surface area contributed by atoms with Crippen LogP contribution in [-0.4, -0.2) is 40.9 Å². The van der Waals surface area contributed by atoms with Crippen LogP contribution in [0.2, 0.25) is 14.8 Å². The molecule has 19 heavy (non-hydrogen) atoms. The Kier molecular flexibility index (Phi) is 4.08. The molecule has 1 fully saturated rings. The number of carbonyl (C=O) groups is 1. The fourth-order valence-corrected chi connectivity index (χ4v) is 11.4. The average Bonchev–Trinajstić information content (AvgIpc) is 2.38. The standard InChI is InChI=1S/C11H13N2O2.3CH3.Sn/c14-11(15)13-8-4-2-6-10(13)9-5-1-3-7-12-9;;;;/h1,3,5,7H,2,4,6,8H2,(H,14,15);3*1H3;/p-1. The molecule has 1 aliphatic heterocycles. The van der Waals surface area contributed by atoms with Gasteiger partial charge in [-0.1, -0.05) is 0 Å². The number of aromatic nitrogens is 1. The number of likely N-dealkylation sites (tertiary alicyclic amines) is 1. The molecule has 0 bridgehead atoms. The summed E-state index contributed by atoms with van der Waals surface area (Å²) >= 11 is -2.65. The predicted molar refractivity (Wildman–Crippen MR) is 75.2 cm³/mol. The molecule has 1 aromatic rings. The predicted octanol–water partition coefficient (Wildman–Crippen LogP) is 1.98. The van der Waals surface area contributed by atoms with E-state index in [4.69, 9.17) is 0 Å². The van der Waals surface area contributed by atoms with Crippen molar-refractivity contribution in [2.24, 2.45) is 0 Å². The van der Waals surface area contributed by atoms with E-state index in [2.05, 4.69) is 19.8 Å². The molecule has 1 atom stereocenters. The van der Waals surface area contributed by atoms with Crippen LogP contribution in [0.3, 0.4) is 0 Å². The molecule has 5 heteroatoms. The van der Waals surface area contributed by atoms with Crippen molar-refractivity contribution in [2.45, 2.75) is 37.6 Å². The van der Waals surface area contributed by atoms with Gasteiger partial charge in [0.1, 0.15) is 0 Å². The van der Waals surface area contributed by atoms with Crippen LogP contribution in [0.5, 0.6) is 0 Å². The Bertz CT molecular complexity index is 458. The van der Waals surface area contributed by atoms with Gasteiger partial charge in [0.25, 0.3) is 0 Å². The molecule has 0 aromatic carbocycles. The zero-order valence-corrected chi connectivity index (χ0v) is 14.7. The van der Waals surface area contributed by atoms with E-state index in [9.17, 15) is 9.90 Å². The minimum atomic E-state index is -2.65. The Balaban J connectivity index is 2.60. The SMILES string of the molecule is [CH3][Sn]([CH3])([CH3])[C]1(c2ccccn2)CCCCN1C(=O)[O-]. The Hall–Kier alpha value is -0.781. The first-order valence-electron chi connectivity index (χ1n) is 6.80. The Morgan fingerprint density at radius 1 is 1.37 bits per heavy atom. The van der Waals surface area contributed by atoms with Crippen LogP contribution < -0.4 is 5.11 Å². The van der Waals surface area contributed by atoms with E-state index in [0.29, 0.717) is 6.54 Å². The van der Waals surface area contributed by atoms with E-state index in [1.165, 1.54) is 0 Å². The third-order valence-corrected chi connectivity index (χ3v) is 13.5. The number of amides is 1. The van der Waals surface area contributed by atoms with Crippen LogP contribution in [0.15, 0.2) is 24.4 Å². The molecule has 0 N–H and O–H groups in total. The number of piperidine rings is 1. The van der Waals surface area contributed by atoms with E-state index in [0.717, 1.165) is 25.0 Å². The Labute approximate surface area is 118 Å². The molecule has 1 unspecified atom stereocenters. The Morgan fingerprint density at radius 3 is 2.63 bits per heavy atom. The molecule has 0 radical (unpaired) electrons. The van der Waals surface area contributed by atoms with Crippen LogP contribution in [-0.2, 0) is 3.55 Å². The molecular formula is C14H21N2O2Sn-. The summed E-state index contributed by atoms with van der Waals surface area (Å²) in [5.41, 5.74) is 0.919. The maximum atomic E-state index is 11.6. The number of nitrogens with zero attached hydrogens (tertiary/aromatic N) is 2. The summed E-state index contributed by atoms with van der Waals surface area (Å²) in [4.78, 5) is 24.5. The summed E-state index contributed by atoms with van der Waals surface area (Å²) < 4.78 is -0.382. The van der Waals surface area contributed by atoms with Gasteiger partial charge in [0.2, 0.25) is 0 Å². The van der Waals surface area contributed by atoms with Gasteiger partial charge in [0, 0.05) is 0 Å². The van der Waals surface area contributed by atoms with Gasteiger partial charge in [-0.15, -0.1) is 0 Å². The summed E-state index contributed by atoms with van der Waals surface area (Å²) in [7, 11) is 0. The molecule has 1 aromatic heterocycles. The van der Waals surface area contributed by atoms with Crippen molar-refractivity contribution < 1.29 is 9.90 Å². The normalized spacial score (nSPS) is 24.3. The molecule has 2 rings (SSSR count). The average molecular weight is 368 g/mol. The fourth-order valence-electron chi connectivity index (χ4n) is 3.26. The van der Waals surface area contributed by atoms with E-state index < -0.39 is 24.5 Å². The van der Waals surface area contributed by atoms with Crippen LogP contribution in [0.1, 0.15) is 25.0 Å². The monoisotopic (exact) mass is 369 g/mol.